The van der Waals surface area contributed by atoms with Crippen molar-refractivity contribution in [2.45, 2.75) is 6.54 Å². The number of amides is 2. The van der Waals surface area contributed by atoms with Gasteiger partial charge in [-0.15, -0.1) is 13.2 Å². The van der Waals surface area contributed by atoms with Crippen LogP contribution in [0.4, 0.5) is 5.69 Å². The molecule has 0 aliphatic heterocycles. The molecule has 0 saturated heterocycles. The number of nitrogens with zero attached hydrogens (tertiary/aromatic N) is 3. The molecule has 0 fully saturated rings. The van der Waals surface area contributed by atoms with Gasteiger partial charge in [0.1, 0.15) is 6.26 Å². The number of nitrogens with one attached hydrogen (secondary N) is 1. The van der Waals surface area contributed by atoms with Crippen molar-refractivity contribution in [2.75, 3.05) is 13.1 Å². The average molecular weight is 405 g/mol. The summed E-state index contributed by atoms with van der Waals surface area (Å²) in [6.07, 6.45) is 4.21. The van der Waals surface area contributed by atoms with E-state index in [0.717, 1.165) is 6.07 Å². The van der Waals surface area contributed by atoms with Gasteiger partial charge >= 0.3 is 0 Å². The van der Waals surface area contributed by atoms with Crippen LogP contribution in [0, 0.1) is 10.1 Å². The Bertz CT molecular complexity index is 924. The number of carbonyl (C=O) groups excluding carboxylic acids is 2. The molecular weight excluding hydrogens is 388 g/mol. The Hall–Kier alpha value is -3.46. The van der Waals surface area contributed by atoms with Crippen LogP contribution in [0.1, 0.15) is 26.7 Å². The molecule has 1 aromatic heterocycles. The summed E-state index contributed by atoms with van der Waals surface area (Å²) in [5, 5.41) is 13.3. The van der Waals surface area contributed by atoms with Gasteiger partial charge < -0.3 is 14.6 Å². The summed E-state index contributed by atoms with van der Waals surface area (Å²) < 4.78 is 5.26. The highest BCUT2D eigenvalue weighted by atomic mass is 35.5. The smallest absolute Gasteiger partial charge is 0.273 e. The van der Waals surface area contributed by atoms with Crippen molar-refractivity contribution in [2.24, 2.45) is 0 Å². The molecule has 1 aromatic carbocycles. The maximum atomic E-state index is 12.8. The van der Waals surface area contributed by atoms with Gasteiger partial charge in [0.25, 0.3) is 17.5 Å². The predicted octanol–water partition coefficient (Wildman–Crippen LogP) is 2.98. The summed E-state index contributed by atoms with van der Waals surface area (Å²) >= 11 is 6.03. The molecule has 0 atom stereocenters. The standard InChI is InChI=1S/C18H17ClN4O5/c1-3-7-20-17(24)15-11-28-16(21-15)10-22(8-4-2)18(25)13-6-5-12(23(26)27)9-14(13)19/h3-6,9,11H,1-2,7-8,10H2,(H,20,24). The normalized spacial score (nSPS) is 10.2. The van der Waals surface area contributed by atoms with E-state index < -0.39 is 16.7 Å². The number of hydrogen-bond acceptors (Lipinski definition) is 6. The maximum Gasteiger partial charge on any atom is 0.273 e. The fourth-order valence-corrected chi connectivity index (χ4v) is 2.50. The first kappa shape index (κ1) is 20.8. The van der Waals surface area contributed by atoms with Crippen molar-refractivity contribution in [1.82, 2.24) is 15.2 Å². The Balaban J connectivity index is 2.19. The number of rotatable bonds is 9. The quantitative estimate of drug-likeness (QED) is 0.390. The molecule has 1 heterocycles. The lowest BCUT2D eigenvalue weighted by Gasteiger charge is -2.20. The molecule has 0 spiro atoms. The molecule has 28 heavy (non-hydrogen) atoms. The van der Waals surface area contributed by atoms with Gasteiger partial charge in [0.2, 0.25) is 5.89 Å². The lowest BCUT2D eigenvalue weighted by atomic mass is 10.1. The number of halogens is 1. The van der Waals surface area contributed by atoms with Crippen LogP contribution in [-0.4, -0.2) is 39.7 Å². The van der Waals surface area contributed by atoms with E-state index in [1.165, 1.54) is 35.4 Å². The van der Waals surface area contributed by atoms with Gasteiger partial charge in [-0.1, -0.05) is 23.8 Å². The monoisotopic (exact) mass is 404 g/mol. The fraction of sp³-hybridized carbons (Fsp3) is 0.167. The molecule has 2 rings (SSSR count). The molecule has 0 aliphatic carbocycles. The van der Waals surface area contributed by atoms with Crippen LogP contribution in [0.3, 0.4) is 0 Å². The van der Waals surface area contributed by atoms with Gasteiger partial charge in [0, 0.05) is 25.2 Å². The molecular formula is C18H17ClN4O5. The summed E-state index contributed by atoms with van der Waals surface area (Å²) in [6.45, 7) is 7.48. The Morgan fingerprint density at radius 1 is 1.36 bits per heavy atom. The van der Waals surface area contributed by atoms with Crippen LogP contribution >= 0.6 is 11.6 Å². The molecule has 146 valence electrons. The van der Waals surface area contributed by atoms with Crippen molar-refractivity contribution in [1.29, 1.82) is 0 Å². The van der Waals surface area contributed by atoms with Gasteiger partial charge in [0.15, 0.2) is 5.69 Å². The molecule has 9 nitrogen and oxygen atoms in total. The minimum Gasteiger partial charge on any atom is -0.446 e. The van der Waals surface area contributed by atoms with Crippen LogP contribution < -0.4 is 5.32 Å². The molecule has 2 amide bonds. The van der Waals surface area contributed by atoms with Crippen LogP contribution in [-0.2, 0) is 6.54 Å². The topological polar surface area (TPSA) is 119 Å². The molecule has 0 bridgehead atoms. The summed E-state index contributed by atoms with van der Waals surface area (Å²) in [5.41, 5.74) is -0.0689. The van der Waals surface area contributed by atoms with Crippen LogP contribution in [0.25, 0.3) is 0 Å². The summed E-state index contributed by atoms with van der Waals surface area (Å²) in [5.74, 6) is -0.789. The zero-order valence-corrected chi connectivity index (χ0v) is 15.5. The lowest BCUT2D eigenvalue weighted by molar-refractivity contribution is -0.384. The third-order valence-corrected chi connectivity index (χ3v) is 3.86. The summed E-state index contributed by atoms with van der Waals surface area (Å²) in [4.78, 5) is 40.3. The Morgan fingerprint density at radius 3 is 2.71 bits per heavy atom. The molecule has 0 radical (unpaired) electrons. The molecule has 10 heteroatoms. The van der Waals surface area contributed by atoms with E-state index in [9.17, 15) is 19.7 Å². The number of oxazole rings is 1. The van der Waals surface area contributed by atoms with E-state index in [1.54, 1.807) is 0 Å². The van der Waals surface area contributed by atoms with E-state index >= 15 is 0 Å². The van der Waals surface area contributed by atoms with Gasteiger partial charge in [-0.25, -0.2) is 4.98 Å². The third kappa shape index (κ3) is 5.04. The van der Waals surface area contributed by atoms with Crippen LogP contribution in [0.5, 0.6) is 0 Å². The van der Waals surface area contributed by atoms with Crippen molar-refractivity contribution in [3.8, 4) is 0 Å². The molecule has 2 aromatic rings. The Labute approximate surface area is 165 Å². The van der Waals surface area contributed by atoms with Gasteiger partial charge in [-0.05, 0) is 6.07 Å². The molecule has 0 aliphatic rings. The maximum absolute atomic E-state index is 12.8. The number of carbonyl (C=O) groups is 2. The van der Waals surface area contributed by atoms with E-state index in [2.05, 4.69) is 23.5 Å². The number of hydrogen-bond donors (Lipinski definition) is 1. The highest BCUT2D eigenvalue weighted by Crippen LogP contribution is 2.24. The first-order chi connectivity index (χ1) is 13.4. The Kier molecular flexibility index (Phi) is 7.05. The van der Waals surface area contributed by atoms with Gasteiger partial charge in [0.05, 0.1) is 22.1 Å². The van der Waals surface area contributed by atoms with Crippen molar-refractivity contribution in [3.63, 3.8) is 0 Å². The number of benzene rings is 1. The highest BCUT2D eigenvalue weighted by molar-refractivity contribution is 6.34. The second-order valence-electron chi connectivity index (χ2n) is 5.52. The minimum atomic E-state index is -0.604. The summed E-state index contributed by atoms with van der Waals surface area (Å²) in [7, 11) is 0. The second-order valence-corrected chi connectivity index (χ2v) is 5.93. The number of nitro benzene ring substituents is 1. The van der Waals surface area contributed by atoms with Crippen molar-refractivity contribution in [3.05, 3.63) is 82.1 Å². The largest absolute Gasteiger partial charge is 0.446 e. The second kappa shape index (κ2) is 9.47. The number of nitro groups is 1. The van der Waals surface area contributed by atoms with Crippen LogP contribution in [0.15, 0.2) is 54.2 Å². The minimum absolute atomic E-state index is 0.0487. The molecule has 1 N–H and O–H groups in total. The van der Waals surface area contributed by atoms with Crippen molar-refractivity contribution >= 4 is 29.1 Å². The molecule has 0 unspecified atom stereocenters. The average Bonchev–Trinajstić information content (AvgIpc) is 3.13. The lowest BCUT2D eigenvalue weighted by Crippen LogP contribution is -2.31. The predicted molar refractivity (Wildman–Crippen MR) is 102 cm³/mol. The van der Waals surface area contributed by atoms with E-state index in [1.807, 2.05) is 0 Å². The van der Waals surface area contributed by atoms with E-state index in [-0.39, 0.29) is 47.5 Å². The van der Waals surface area contributed by atoms with E-state index in [4.69, 9.17) is 16.0 Å². The zero-order chi connectivity index (χ0) is 20.7. The zero-order valence-electron chi connectivity index (χ0n) is 14.8. The van der Waals surface area contributed by atoms with Gasteiger partial charge in [-0.3, -0.25) is 19.7 Å². The van der Waals surface area contributed by atoms with Crippen molar-refractivity contribution < 1.29 is 18.9 Å². The fourth-order valence-electron chi connectivity index (χ4n) is 2.24. The first-order valence-corrected chi connectivity index (χ1v) is 8.42. The Morgan fingerprint density at radius 2 is 2.11 bits per heavy atom. The molecule has 0 saturated carbocycles. The highest BCUT2D eigenvalue weighted by Gasteiger charge is 2.22. The van der Waals surface area contributed by atoms with Crippen LogP contribution in [0.2, 0.25) is 5.02 Å². The van der Waals surface area contributed by atoms with Gasteiger partial charge in [-0.2, -0.15) is 0 Å². The SMILES string of the molecule is C=CCNC(=O)c1coc(CN(CC=C)C(=O)c2ccc([N+](=O)[O-])cc2Cl)n1. The summed E-state index contributed by atoms with van der Waals surface area (Å²) in [6, 6.07) is 3.58. The number of non-ortho nitro benzene ring substituents is 1. The third-order valence-electron chi connectivity index (χ3n) is 3.55. The van der Waals surface area contributed by atoms with E-state index in [0.29, 0.717) is 0 Å². The number of aromatic nitrogens is 1. The first-order valence-electron chi connectivity index (χ1n) is 8.05.